The molecule has 0 amide bonds. The lowest BCUT2D eigenvalue weighted by Crippen LogP contribution is -2.33. The molecule has 1 aromatic carbocycles. The second-order valence-electron chi connectivity index (χ2n) is 3.99. The van der Waals surface area contributed by atoms with Crippen LogP contribution in [0.15, 0.2) is 24.3 Å². The number of methoxy groups -OCH3 is 1. The van der Waals surface area contributed by atoms with Gasteiger partial charge in [0.05, 0.1) is 18.3 Å². The number of nitrogens with two attached hydrogens (primary N) is 1. The fraction of sp³-hybridized carbons (Fsp3) is 0.250. The molecule has 7 nitrogen and oxygen atoms in total. The van der Waals surface area contributed by atoms with Gasteiger partial charge in [0.2, 0.25) is 0 Å². The number of hydrogen-bond donors (Lipinski definition) is 2. The number of carbonyl (C=O) groups excluding carboxylic acids is 1. The van der Waals surface area contributed by atoms with E-state index in [0.29, 0.717) is 16.6 Å². The minimum atomic E-state index is -1.19. The number of hydrogen-bond acceptors (Lipinski definition) is 5. The fourth-order valence-electron chi connectivity index (χ4n) is 1.87. The maximum atomic E-state index is 11.3. The van der Waals surface area contributed by atoms with E-state index in [1.54, 1.807) is 24.3 Å². The molecule has 1 aromatic heterocycles. The van der Waals surface area contributed by atoms with Gasteiger partial charge < -0.3 is 15.6 Å². The maximum Gasteiger partial charge on any atom is 0.432 e. The Kier molecular flexibility index (Phi) is 3.48. The average Bonchev–Trinajstić information content (AvgIpc) is 2.77. The van der Waals surface area contributed by atoms with E-state index in [2.05, 4.69) is 9.84 Å². The second kappa shape index (κ2) is 5.07. The van der Waals surface area contributed by atoms with Crippen LogP contribution in [0.25, 0.3) is 10.9 Å². The number of fused-ring (bicyclic) bond motifs is 1. The number of carboxylic acid groups (broad SMARTS) is 1. The van der Waals surface area contributed by atoms with Gasteiger partial charge in [0.1, 0.15) is 6.04 Å². The highest BCUT2D eigenvalue weighted by Gasteiger charge is 2.20. The first-order valence-corrected chi connectivity index (χ1v) is 5.58. The molecular formula is C12H13N3O4. The quantitative estimate of drug-likeness (QED) is 0.785. The molecule has 19 heavy (non-hydrogen) atoms. The molecule has 0 spiro atoms. The Morgan fingerprint density at radius 3 is 2.79 bits per heavy atom. The van der Waals surface area contributed by atoms with E-state index in [0.717, 1.165) is 4.68 Å². The number of benzene rings is 1. The number of esters is 1. The van der Waals surface area contributed by atoms with Crippen molar-refractivity contribution in [2.45, 2.75) is 12.5 Å². The standard InChI is InChI=1S/C12H13N3O4/c1-19-11(16)8(13)6-9-7-4-2-3-5-10(7)15(14-9)12(17)18/h2-5,8H,6,13H2,1H3,(H,17,18)/t8-/m0/s1. The maximum absolute atomic E-state index is 11.3. The lowest BCUT2D eigenvalue weighted by molar-refractivity contribution is -0.142. The summed E-state index contributed by atoms with van der Waals surface area (Å²) in [7, 11) is 1.25. The van der Waals surface area contributed by atoms with Crippen molar-refractivity contribution >= 4 is 23.0 Å². The van der Waals surface area contributed by atoms with Gasteiger partial charge >= 0.3 is 12.1 Å². The Hall–Kier alpha value is -2.41. The predicted octanol–water partition coefficient (Wildman–Crippen LogP) is 0.605. The highest BCUT2D eigenvalue weighted by Crippen LogP contribution is 2.19. The number of carbonyl (C=O) groups is 2. The van der Waals surface area contributed by atoms with Crippen molar-refractivity contribution < 1.29 is 19.4 Å². The first kappa shape index (κ1) is 13.0. The van der Waals surface area contributed by atoms with Gasteiger partial charge in [-0.05, 0) is 6.07 Å². The summed E-state index contributed by atoms with van der Waals surface area (Å²) in [5.74, 6) is -0.561. The first-order chi connectivity index (χ1) is 9.04. The number of nitrogens with zero attached hydrogens (tertiary/aromatic N) is 2. The predicted molar refractivity (Wildman–Crippen MR) is 66.9 cm³/mol. The van der Waals surface area contributed by atoms with Gasteiger partial charge in [0.15, 0.2) is 0 Å². The molecule has 0 radical (unpaired) electrons. The molecule has 1 heterocycles. The van der Waals surface area contributed by atoms with Crippen LogP contribution >= 0.6 is 0 Å². The number of aromatic nitrogens is 2. The van der Waals surface area contributed by atoms with Gasteiger partial charge in [0, 0.05) is 11.8 Å². The van der Waals surface area contributed by atoms with Crippen LogP contribution in [-0.2, 0) is 16.0 Å². The van der Waals surface area contributed by atoms with Crippen molar-refractivity contribution in [2.75, 3.05) is 7.11 Å². The number of ether oxygens (including phenoxy) is 1. The van der Waals surface area contributed by atoms with E-state index in [-0.39, 0.29) is 6.42 Å². The van der Waals surface area contributed by atoms with Crippen LogP contribution < -0.4 is 5.73 Å². The van der Waals surface area contributed by atoms with Crippen LogP contribution in [0.5, 0.6) is 0 Å². The van der Waals surface area contributed by atoms with E-state index < -0.39 is 18.1 Å². The molecule has 0 bridgehead atoms. The topological polar surface area (TPSA) is 107 Å². The largest absolute Gasteiger partial charge is 0.468 e. The molecule has 0 unspecified atom stereocenters. The molecule has 0 aliphatic carbocycles. The zero-order valence-corrected chi connectivity index (χ0v) is 10.2. The molecule has 0 aliphatic rings. The highest BCUT2D eigenvalue weighted by atomic mass is 16.5. The smallest absolute Gasteiger partial charge is 0.432 e. The highest BCUT2D eigenvalue weighted by molar-refractivity contribution is 5.89. The third-order valence-corrected chi connectivity index (χ3v) is 2.76. The lowest BCUT2D eigenvalue weighted by Gasteiger charge is -2.06. The van der Waals surface area contributed by atoms with Crippen molar-refractivity contribution in [2.24, 2.45) is 5.73 Å². The molecule has 2 rings (SSSR count). The summed E-state index contributed by atoms with van der Waals surface area (Å²) in [4.78, 5) is 22.4. The Labute approximate surface area is 108 Å². The summed E-state index contributed by atoms with van der Waals surface area (Å²) < 4.78 is 5.41. The molecule has 3 N–H and O–H groups in total. The molecule has 7 heteroatoms. The summed E-state index contributed by atoms with van der Waals surface area (Å²) in [6.45, 7) is 0. The van der Waals surface area contributed by atoms with E-state index in [4.69, 9.17) is 10.8 Å². The normalized spacial score (nSPS) is 12.3. The van der Waals surface area contributed by atoms with E-state index >= 15 is 0 Å². The first-order valence-electron chi connectivity index (χ1n) is 5.58. The zero-order valence-electron chi connectivity index (χ0n) is 10.2. The second-order valence-corrected chi connectivity index (χ2v) is 3.99. The minimum absolute atomic E-state index is 0.119. The van der Waals surface area contributed by atoms with Gasteiger partial charge in [0.25, 0.3) is 0 Å². The number of rotatable bonds is 3. The van der Waals surface area contributed by atoms with Crippen LogP contribution in [0.4, 0.5) is 4.79 Å². The Morgan fingerprint density at radius 2 is 2.16 bits per heavy atom. The minimum Gasteiger partial charge on any atom is -0.468 e. The molecule has 0 saturated carbocycles. The molecule has 2 aromatic rings. The monoisotopic (exact) mass is 263 g/mol. The van der Waals surface area contributed by atoms with Gasteiger partial charge in [-0.2, -0.15) is 9.78 Å². The van der Waals surface area contributed by atoms with Crippen molar-refractivity contribution in [1.82, 2.24) is 9.78 Å². The van der Waals surface area contributed by atoms with Crippen molar-refractivity contribution in [3.05, 3.63) is 30.0 Å². The number of para-hydroxylation sites is 1. The molecule has 100 valence electrons. The van der Waals surface area contributed by atoms with Crippen LogP contribution in [0.3, 0.4) is 0 Å². The van der Waals surface area contributed by atoms with Crippen LogP contribution in [0, 0.1) is 0 Å². The van der Waals surface area contributed by atoms with E-state index in [9.17, 15) is 9.59 Å². The van der Waals surface area contributed by atoms with Crippen molar-refractivity contribution in [3.8, 4) is 0 Å². The van der Waals surface area contributed by atoms with Crippen molar-refractivity contribution in [1.29, 1.82) is 0 Å². The molecule has 1 atom stereocenters. The Morgan fingerprint density at radius 1 is 1.47 bits per heavy atom. The summed E-state index contributed by atoms with van der Waals surface area (Å²) >= 11 is 0. The summed E-state index contributed by atoms with van der Waals surface area (Å²) in [6.07, 6.45) is -1.07. The van der Waals surface area contributed by atoms with Crippen molar-refractivity contribution in [3.63, 3.8) is 0 Å². The summed E-state index contributed by atoms with van der Waals surface area (Å²) in [5, 5.41) is 13.7. The fourth-order valence-corrected chi connectivity index (χ4v) is 1.87. The lowest BCUT2D eigenvalue weighted by atomic mass is 10.1. The van der Waals surface area contributed by atoms with Crippen LogP contribution in [0.1, 0.15) is 5.69 Å². The average molecular weight is 263 g/mol. The van der Waals surface area contributed by atoms with E-state index in [1.807, 2.05) is 0 Å². The third kappa shape index (κ3) is 2.41. The SMILES string of the molecule is COC(=O)[C@@H](N)Cc1nn(C(=O)O)c2ccccc12. The molecule has 0 aliphatic heterocycles. The van der Waals surface area contributed by atoms with Gasteiger partial charge in [-0.3, -0.25) is 4.79 Å². The van der Waals surface area contributed by atoms with Gasteiger partial charge in [-0.25, -0.2) is 4.79 Å². The third-order valence-electron chi connectivity index (χ3n) is 2.76. The van der Waals surface area contributed by atoms with Gasteiger partial charge in [-0.15, -0.1) is 0 Å². The summed E-state index contributed by atoms with van der Waals surface area (Å²) in [6, 6.07) is 5.99. The van der Waals surface area contributed by atoms with E-state index in [1.165, 1.54) is 7.11 Å². The Bertz CT molecular complexity index is 635. The summed E-state index contributed by atoms with van der Waals surface area (Å²) in [5.41, 5.74) is 6.58. The Balaban J connectivity index is 2.44. The molecule has 0 saturated heterocycles. The van der Waals surface area contributed by atoms with Gasteiger partial charge in [-0.1, -0.05) is 18.2 Å². The van der Waals surface area contributed by atoms with Crippen LogP contribution in [0.2, 0.25) is 0 Å². The zero-order chi connectivity index (χ0) is 14.0. The van der Waals surface area contributed by atoms with Crippen LogP contribution in [-0.4, -0.2) is 40.1 Å². The molecular weight excluding hydrogens is 250 g/mol. The molecule has 0 fully saturated rings.